The van der Waals surface area contributed by atoms with Gasteiger partial charge >= 0.3 is 0 Å². The number of hydrogen-bond acceptors (Lipinski definition) is 4. The van der Waals surface area contributed by atoms with Gasteiger partial charge < -0.3 is 9.47 Å². The number of methoxy groups -OCH3 is 2. The van der Waals surface area contributed by atoms with Crippen LogP contribution in [-0.2, 0) is 0 Å². The molecule has 0 saturated heterocycles. The van der Waals surface area contributed by atoms with Crippen LogP contribution in [0.1, 0.15) is 26.3 Å². The van der Waals surface area contributed by atoms with E-state index in [2.05, 4.69) is 26.8 Å². The average Bonchev–Trinajstić information content (AvgIpc) is 2.60. The van der Waals surface area contributed by atoms with Crippen molar-refractivity contribution in [1.82, 2.24) is 10.9 Å². The molecule has 6 nitrogen and oxygen atoms in total. The molecular formula is C17H17BrN2O4. The van der Waals surface area contributed by atoms with E-state index in [0.717, 1.165) is 5.56 Å². The van der Waals surface area contributed by atoms with Gasteiger partial charge in [0.1, 0.15) is 16.0 Å². The highest BCUT2D eigenvalue weighted by molar-refractivity contribution is 9.10. The summed E-state index contributed by atoms with van der Waals surface area (Å²) in [6, 6.07) is 10.1. The quantitative estimate of drug-likeness (QED) is 0.784. The maximum absolute atomic E-state index is 12.2. The lowest BCUT2D eigenvalue weighted by Gasteiger charge is -2.12. The predicted octanol–water partition coefficient (Wildman–Crippen LogP) is 2.85. The number of hydrogen-bond donors (Lipinski definition) is 2. The molecule has 2 rings (SSSR count). The smallest absolute Gasteiger partial charge is 0.269 e. The summed E-state index contributed by atoms with van der Waals surface area (Å²) in [4.78, 5) is 24.2. The number of halogens is 1. The minimum absolute atomic E-state index is 0.288. The van der Waals surface area contributed by atoms with E-state index in [4.69, 9.17) is 9.47 Å². The fourth-order valence-electron chi connectivity index (χ4n) is 1.96. The summed E-state index contributed by atoms with van der Waals surface area (Å²) >= 11 is 3.33. The molecule has 2 aromatic rings. The van der Waals surface area contributed by atoms with Gasteiger partial charge in [-0.3, -0.25) is 20.4 Å². The third-order valence-electron chi connectivity index (χ3n) is 3.31. The second-order valence-corrected chi connectivity index (χ2v) is 5.76. The predicted molar refractivity (Wildman–Crippen MR) is 93.4 cm³/mol. The van der Waals surface area contributed by atoms with Crippen LogP contribution in [-0.4, -0.2) is 26.0 Å². The first-order valence-corrected chi connectivity index (χ1v) is 7.84. The number of rotatable bonds is 4. The second-order valence-electron chi connectivity index (χ2n) is 4.97. The number of ether oxygens (including phenoxy) is 2. The number of benzene rings is 2. The number of nitrogens with one attached hydrogen (secondary N) is 2. The van der Waals surface area contributed by atoms with Crippen LogP contribution < -0.4 is 20.3 Å². The van der Waals surface area contributed by atoms with Crippen LogP contribution in [0.25, 0.3) is 0 Å². The lowest BCUT2D eigenvalue weighted by atomic mass is 10.1. The fourth-order valence-corrected chi connectivity index (χ4v) is 2.52. The Bertz CT molecular complexity index is 735. The zero-order chi connectivity index (χ0) is 17.7. The zero-order valence-electron chi connectivity index (χ0n) is 13.5. The summed E-state index contributed by atoms with van der Waals surface area (Å²) < 4.78 is 11.0. The Morgan fingerprint density at radius 1 is 0.875 bits per heavy atom. The molecule has 0 saturated carbocycles. The van der Waals surface area contributed by atoms with E-state index in [1.54, 1.807) is 24.3 Å². The van der Waals surface area contributed by atoms with Crippen LogP contribution in [0.5, 0.6) is 11.5 Å². The van der Waals surface area contributed by atoms with Gasteiger partial charge in [0.05, 0.1) is 14.2 Å². The standard InChI is InChI=1S/C17H17BrN2O4/c1-10-4-6-11(7-5-10)16(21)19-20-17(22)12-8-13(23-2)15(18)14(9-12)24-3/h4-9H,1-3H3,(H,19,21)(H,20,22). The van der Waals surface area contributed by atoms with Crippen molar-refractivity contribution in [2.75, 3.05) is 14.2 Å². The van der Waals surface area contributed by atoms with E-state index >= 15 is 0 Å². The topological polar surface area (TPSA) is 76.7 Å². The lowest BCUT2D eigenvalue weighted by molar-refractivity contribution is 0.0846. The molecule has 24 heavy (non-hydrogen) atoms. The van der Waals surface area contributed by atoms with Crippen molar-refractivity contribution in [1.29, 1.82) is 0 Å². The Morgan fingerprint density at radius 2 is 1.33 bits per heavy atom. The first-order chi connectivity index (χ1) is 11.5. The van der Waals surface area contributed by atoms with Gasteiger partial charge in [-0.1, -0.05) is 17.7 Å². The molecule has 2 N–H and O–H groups in total. The van der Waals surface area contributed by atoms with Gasteiger partial charge in [-0.25, -0.2) is 0 Å². The van der Waals surface area contributed by atoms with E-state index in [1.165, 1.54) is 14.2 Å². The third-order valence-corrected chi connectivity index (χ3v) is 4.09. The third kappa shape index (κ3) is 4.05. The second kappa shape index (κ2) is 7.83. The van der Waals surface area contributed by atoms with Crippen molar-refractivity contribution in [3.8, 4) is 11.5 Å². The molecule has 0 fully saturated rings. The Balaban J connectivity index is 2.09. The molecule has 0 bridgehead atoms. The van der Waals surface area contributed by atoms with Gasteiger partial charge in [0.2, 0.25) is 0 Å². The number of hydrazine groups is 1. The van der Waals surface area contributed by atoms with Crippen LogP contribution in [0.15, 0.2) is 40.9 Å². The van der Waals surface area contributed by atoms with Gasteiger partial charge in [-0.15, -0.1) is 0 Å². The molecule has 0 aliphatic rings. The van der Waals surface area contributed by atoms with Crippen molar-refractivity contribution in [3.63, 3.8) is 0 Å². The molecular weight excluding hydrogens is 376 g/mol. The summed E-state index contributed by atoms with van der Waals surface area (Å²) in [6.07, 6.45) is 0. The number of carbonyl (C=O) groups is 2. The van der Waals surface area contributed by atoms with Gasteiger partial charge in [0.15, 0.2) is 0 Å². The number of aryl methyl sites for hydroxylation is 1. The van der Waals surface area contributed by atoms with E-state index < -0.39 is 11.8 Å². The highest BCUT2D eigenvalue weighted by atomic mass is 79.9. The van der Waals surface area contributed by atoms with Gasteiger partial charge in [-0.2, -0.15) is 0 Å². The molecule has 0 spiro atoms. The Hall–Kier alpha value is -2.54. The molecule has 0 unspecified atom stereocenters. The Labute approximate surface area is 148 Å². The van der Waals surface area contributed by atoms with Crippen LogP contribution in [0.3, 0.4) is 0 Å². The highest BCUT2D eigenvalue weighted by Gasteiger charge is 2.15. The van der Waals surface area contributed by atoms with Crippen molar-refractivity contribution in [2.24, 2.45) is 0 Å². The number of carbonyl (C=O) groups excluding carboxylic acids is 2. The molecule has 0 atom stereocenters. The molecule has 0 heterocycles. The van der Waals surface area contributed by atoms with Gasteiger partial charge in [0.25, 0.3) is 11.8 Å². The van der Waals surface area contributed by atoms with E-state index in [9.17, 15) is 9.59 Å². The summed E-state index contributed by atoms with van der Waals surface area (Å²) in [5.41, 5.74) is 6.53. The minimum atomic E-state index is -0.487. The van der Waals surface area contributed by atoms with E-state index in [1.807, 2.05) is 19.1 Å². The molecule has 7 heteroatoms. The fraction of sp³-hybridized carbons (Fsp3) is 0.176. The Kier molecular flexibility index (Phi) is 5.81. The average molecular weight is 393 g/mol. The SMILES string of the molecule is COc1cc(C(=O)NNC(=O)c2ccc(C)cc2)cc(OC)c1Br. The zero-order valence-corrected chi connectivity index (χ0v) is 15.1. The van der Waals surface area contributed by atoms with Crippen molar-refractivity contribution in [2.45, 2.75) is 6.92 Å². The first-order valence-electron chi connectivity index (χ1n) is 7.05. The highest BCUT2D eigenvalue weighted by Crippen LogP contribution is 2.35. The van der Waals surface area contributed by atoms with Crippen LogP contribution in [0.4, 0.5) is 0 Å². The molecule has 0 aromatic heterocycles. The van der Waals surface area contributed by atoms with Crippen LogP contribution >= 0.6 is 15.9 Å². The van der Waals surface area contributed by atoms with E-state index in [0.29, 0.717) is 21.5 Å². The summed E-state index contributed by atoms with van der Waals surface area (Å²) in [5, 5.41) is 0. The summed E-state index contributed by atoms with van der Waals surface area (Å²) in [6.45, 7) is 1.93. The van der Waals surface area contributed by atoms with E-state index in [-0.39, 0.29) is 5.56 Å². The summed E-state index contributed by atoms with van der Waals surface area (Å²) in [5.74, 6) is 0.00711. The first kappa shape index (κ1) is 17.8. The van der Waals surface area contributed by atoms with Crippen molar-refractivity contribution in [3.05, 3.63) is 57.6 Å². The van der Waals surface area contributed by atoms with Crippen molar-refractivity contribution >= 4 is 27.7 Å². The van der Waals surface area contributed by atoms with Crippen molar-refractivity contribution < 1.29 is 19.1 Å². The monoisotopic (exact) mass is 392 g/mol. The molecule has 0 aliphatic heterocycles. The minimum Gasteiger partial charge on any atom is -0.495 e. The molecule has 2 amide bonds. The number of amides is 2. The van der Waals surface area contributed by atoms with Gasteiger partial charge in [-0.05, 0) is 47.1 Å². The maximum Gasteiger partial charge on any atom is 0.269 e. The van der Waals surface area contributed by atoms with Gasteiger partial charge in [0, 0.05) is 11.1 Å². The van der Waals surface area contributed by atoms with Crippen LogP contribution in [0.2, 0.25) is 0 Å². The largest absolute Gasteiger partial charge is 0.495 e. The molecule has 2 aromatic carbocycles. The molecule has 0 radical (unpaired) electrons. The summed E-state index contributed by atoms with van der Waals surface area (Å²) in [7, 11) is 2.97. The lowest BCUT2D eigenvalue weighted by Crippen LogP contribution is -2.41. The molecule has 0 aliphatic carbocycles. The normalized spacial score (nSPS) is 10.0. The van der Waals surface area contributed by atoms with Crippen LogP contribution in [0, 0.1) is 6.92 Å². The molecule has 126 valence electrons. The Morgan fingerprint density at radius 3 is 1.79 bits per heavy atom. The maximum atomic E-state index is 12.2.